The maximum atomic E-state index is 13.7. The van der Waals surface area contributed by atoms with Crippen LogP contribution >= 0.6 is 11.3 Å². The van der Waals surface area contributed by atoms with Crippen LogP contribution in [0.15, 0.2) is 116 Å². The van der Waals surface area contributed by atoms with Crippen molar-refractivity contribution in [3.8, 4) is 33.6 Å². The minimum Gasteiger partial charge on any atom is 0 e. The van der Waals surface area contributed by atoms with Gasteiger partial charge < -0.3 is 4.98 Å². The predicted molar refractivity (Wildman–Crippen MR) is 202 cm³/mol. The first-order valence-electron chi connectivity index (χ1n) is 16.3. The summed E-state index contributed by atoms with van der Waals surface area (Å²) >= 11 is 0.0410. The second kappa shape index (κ2) is 15.8. The van der Waals surface area contributed by atoms with Gasteiger partial charge >= 0.3 is 99.8 Å². The Morgan fingerprint density at radius 1 is 0.750 bits per heavy atom. The van der Waals surface area contributed by atoms with E-state index in [2.05, 4.69) is 102 Å². The molecule has 0 unspecified atom stereocenters. The molecule has 0 spiro atoms. The average molecular weight is 888 g/mol. The van der Waals surface area contributed by atoms with E-state index < -0.39 is 13.3 Å². The number of benzene rings is 4. The molecule has 0 saturated carbocycles. The van der Waals surface area contributed by atoms with Crippen molar-refractivity contribution in [2.24, 2.45) is 0 Å². The van der Waals surface area contributed by atoms with Crippen molar-refractivity contribution in [3.05, 3.63) is 139 Å². The minimum absolute atomic E-state index is 0. The van der Waals surface area contributed by atoms with Gasteiger partial charge in [0, 0.05) is 31.0 Å². The summed E-state index contributed by atoms with van der Waals surface area (Å²) in [6, 6.07) is 40.6. The van der Waals surface area contributed by atoms with E-state index in [9.17, 15) is 4.39 Å². The number of hydrogen-bond donors (Lipinski definition) is 0. The molecule has 0 aliphatic carbocycles. The Bertz CT molecular complexity index is 2120. The van der Waals surface area contributed by atoms with Gasteiger partial charge in [-0.1, -0.05) is 55.1 Å². The van der Waals surface area contributed by atoms with Gasteiger partial charge in [-0.3, -0.25) is 0 Å². The summed E-state index contributed by atoms with van der Waals surface area (Å²) < 4.78 is 17.5. The van der Waals surface area contributed by atoms with Crippen LogP contribution in [0.2, 0.25) is 17.3 Å². The standard InChI is InChI=1S/C28H23FNS.C14H16GeN.Ir/c1-3-18(4-2)21-13-14-30-26(16-21)25-10-6-9-24-23-12-11-20(17-27(23)31-28(24)25)19-7-5-8-22(29)15-19;1-15(2,3)13-9-10-14(16-11-13)12-7-5-4-6-8-12;/h5-9,11-18H,3-4H2,1-2H3;4-7,9-11H,1-3H3;/q2*-1;. The van der Waals surface area contributed by atoms with Crippen molar-refractivity contribution in [1.29, 1.82) is 0 Å². The van der Waals surface area contributed by atoms with Gasteiger partial charge in [0.25, 0.3) is 0 Å². The van der Waals surface area contributed by atoms with Crippen molar-refractivity contribution in [2.75, 3.05) is 0 Å². The van der Waals surface area contributed by atoms with Gasteiger partial charge in [0.15, 0.2) is 0 Å². The summed E-state index contributed by atoms with van der Waals surface area (Å²) in [7, 11) is 0. The van der Waals surface area contributed by atoms with Gasteiger partial charge in [-0.2, -0.15) is 11.3 Å². The molecule has 0 atom stereocenters. The van der Waals surface area contributed by atoms with E-state index in [1.54, 1.807) is 23.5 Å². The van der Waals surface area contributed by atoms with Gasteiger partial charge in [0.1, 0.15) is 5.82 Å². The van der Waals surface area contributed by atoms with Crippen molar-refractivity contribution in [1.82, 2.24) is 9.97 Å². The van der Waals surface area contributed by atoms with Gasteiger partial charge in [0.05, 0.1) is 0 Å². The summed E-state index contributed by atoms with van der Waals surface area (Å²) in [5.41, 5.74) is 7.37. The van der Waals surface area contributed by atoms with Crippen LogP contribution in [0.25, 0.3) is 53.8 Å². The van der Waals surface area contributed by atoms with Gasteiger partial charge in [-0.25, -0.2) is 4.39 Å². The molecule has 3 aromatic heterocycles. The summed E-state index contributed by atoms with van der Waals surface area (Å²) in [6.45, 7) is 4.48. The Labute approximate surface area is 304 Å². The number of thiophene rings is 1. The fourth-order valence-corrected chi connectivity index (χ4v) is 9.35. The van der Waals surface area contributed by atoms with Gasteiger partial charge in [-0.15, -0.1) is 23.8 Å². The number of aromatic nitrogens is 2. The van der Waals surface area contributed by atoms with Crippen LogP contribution in [0.4, 0.5) is 4.39 Å². The molecular formula is C42H39FGeIrN2S-2. The second-order valence-electron chi connectivity index (χ2n) is 12.9. The van der Waals surface area contributed by atoms with E-state index in [4.69, 9.17) is 0 Å². The van der Waals surface area contributed by atoms with Crippen LogP contribution < -0.4 is 4.40 Å². The van der Waals surface area contributed by atoms with Gasteiger partial charge in [-0.05, 0) is 69.9 Å². The number of rotatable bonds is 7. The number of hydrogen-bond acceptors (Lipinski definition) is 3. The monoisotopic (exact) mass is 889 g/mol. The largest absolute Gasteiger partial charge is 0 e. The van der Waals surface area contributed by atoms with E-state index in [-0.39, 0.29) is 25.9 Å². The molecule has 0 N–H and O–H groups in total. The summed E-state index contributed by atoms with van der Waals surface area (Å²) in [5, 5.41) is 2.43. The zero-order valence-electron chi connectivity index (χ0n) is 28.0. The van der Waals surface area contributed by atoms with Crippen LogP contribution in [0.1, 0.15) is 38.2 Å². The molecule has 245 valence electrons. The summed E-state index contributed by atoms with van der Waals surface area (Å²) in [5.74, 6) is 7.48. The summed E-state index contributed by atoms with van der Waals surface area (Å²) in [4.78, 5) is 9.22. The molecule has 0 fully saturated rings. The quantitative estimate of drug-likeness (QED) is 0.118. The first kappa shape index (κ1) is 35.8. The molecule has 0 amide bonds. The molecular weight excluding hydrogens is 848 g/mol. The molecule has 0 aliphatic heterocycles. The predicted octanol–water partition coefficient (Wildman–Crippen LogP) is 11.7. The molecule has 7 rings (SSSR count). The number of halogens is 1. The van der Waals surface area contributed by atoms with E-state index in [1.165, 1.54) is 36.2 Å². The Balaban J connectivity index is 0.000000224. The van der Waals surface area contributed by atoms with E-state index >= 15 is 0 Å². The van der Waals surface area contributed by atoms with Crippen molar-refractivity contribution >= 4 is 49.2 Å². The molecule has 3 heterocycles. The Morgan fingerprint density at radius 3 is 2.25 bits per heavy atom. The number of fused-ring (bicyclic) bond motifs is 3. The van der Waals surface area contributed by atoms with Crippen LogP contribution in [0, 0.1) is 17.9 Å². The minimum atomic E-state index is -1.72. The third-order valence-corrected chi connectivity index (χ3v) is 14.1. The Morgan fingerprint density at radius 2 is 1.56 bits per heavy atom. The van der Waals surface area contributed by atoms with Crippen LogP contribution in [-0.4, -0.2) is 23.2 Å². The average Bonchev–Trinajstić information content (AvgIpc) is 3.48. The van der Waals surface area contributed by atoms with E-state index in [0.717, 1.165) is 46.5 Å². The van der Waals surface area contributed by atoms with Gasteiger partial charge in [0.2, 0.25) is 0 Å². The van der Waals surface area contributed by atoms with E-state index in [1.807, 2.05) is 48.8 Å². The molecule has 0 saturated heterocycles. The fourth-order valence-electron chi connectivity index (χ4n) is 5.93. The van der Waals surface area contributed by atoms with Crippen LogP contribution in [-0.2, 0) is 20.1 Å². The fraction of sp³-hybridized carbons (Fsp3) is 0.190. The first-order chi connectivity index (χ1) is 22.7. The zero-order valence-corrected chi connectivity index (χ0v) is 33.3. The van der Waals surface area contributed by atoms with Crippen molar-refractivity contribution < 1.29 is 24.5 Å². The van der Waals surface area contributed by atoms with E-state index in [0.29, 0.717) is 5.92 Å². The Kier molecular flexibility index (Phi) is 11.8. The smallest absolute Gasteiger partial charge is 0 e. The van der Waals surface area contributed by atoms with Crippen molar-refractivity contribution in [2.45, 2.75) is 49.9 Å². The summed E-state index contributed by atoms with van der Waals surface area (Å²) in [6.07, 6.45) is 6.21. The second-order valence-corrected chi connectivity index (χ2v) is 24.6. The molecule has 4 aromatic carbocycles. The molecule has 7 aromatic rings. The zero-order chi connectivity index (χ0) is 33.0. The first-order valence-corrected chi connectivity index (χ1v) is 24.4. The molecule has 6 heteroatoms. The third-order valence-electron chi connectivity index (χ3n) is 8.70. The molecule has 0 bridgehead atoms. The number of pyridine rings is 2. The molecule has 1 radical (unpaired) electrons. The van der Waals surface area contributed by atoms with Crippen molar-refractivity contribution in [3.63, 3.8) is 0 Å². The maximum Gasteiger partial charge on any atom is 0 e. The molecule has 2 nitrogen and oxygen atoms in total. The molecule has 0 aliphatic rings. The normalized spacial score (nSPS) is 11.3. The Hall–Kier alpha value is -3.48. The van der Waals surface area contributed by atoms with Crippen LogP contribution in [0.3, 0.4) is 0 Å². The van der Waals surface area contributed by atoms with Crippen LogP contribution in [0.5, 0.6) is 0 Å². The topological polar surface area (TPSA) is 25.8 Å². The molecule has 48 heavy (non-hydrogen) atoms. The third kappa shape index (κ3) is 8.03. The SMILES string of the molecule is CCC(CC)c1ccnc(-c2[c-]ccc3c2sc2cc(-c4cccc(F)c4)ccc23)c1.[CH3][Ge]([CH3])([CH3])[c]1ccc(-c2[c-]cccc2)nc1.[Ir]. The maximum absolute atomic E-state index is 13.7. The number of nitrogens with zero attached hydrogens (tertiary/aromatic N) is 2.